The minimum atomic E-state index is -0.561. The highest BCUT2D eigenvalue weighted by molar-refractivity contribution is 5.90. The molecule has 0 spiro atoms. The number of amides is 3. The summed E-state index contributed by atoms with van der Waals surface area (Å²) >= 11 is 0. The number of hydrogen-bond donors (Lipinski definition) is 5. The fourth-order valence-electron chi connectivity index (χ4n) is 7.18. The number of ether oxygens (including phenoxy) is 2. The summed E-state index contributed by atoms with van der Waals surface area (Å²) in [6, 6.07) is 17.8. The Balaban J connectivity index is 1.37. The quantitative estimate of drug-likeness (QED) is 0.0301. The minimum Gasteiger partial charge on any atom is -0.494 e. The van der Waals surface area contributed by atoms with Crippen molar-refractivity contribution in [2.24, 2.45) is 0 Å². The molecule has 5 N–H and O–H groups in total. The highest BCUT2D eigenvalue weighted by atomic mass is 16.6. The number of pyridine rings is 2. The Morgan fingerprint density at radius 3 is 1.63 bits per heavy atom. The van der Waals surface area contributed by atoms with Crippen LogP contribution in [-0.2, 0) is 53.6 Å². The van der Waals surface area contributed by atoms with Crippen LogP contribution in [0.3, 0.4) is 0 Å². The number of aromatic nitrogens is 6. The summed E-state index contributed by atoms with van der Waals surface area (Å²) in [7, 11) is 0. The zero-order chi connectivity index (χ0) is 46.3. The molecule has 0 saturated carbocycles. The molecule has 0 bridgehead atoms. The number of anilines is 2. The van der Waals surface area contributed by atoms with Gasteiger partial charge in [0.1, 0.15) is 34.6 Å². The number of carbonyl (C=O) groups excluding carboxylic acids is 3. The molecule has 16 heteroatoms. The molecule has 5 rings (SSSR count). The average Bonchev–Trinajstić information content (AvgIpc) is 3.97. The van der Waals surface area contributed by atoms with Crippen molar-refractivity contribution >= 4 is 29.5 Å². The highest BCUT2D eigenvalue weighted by Crippen LogP contribution is 2.24. The fourth-order valence-corrected chi connectivity index (χ4v) is 7.18. The zero-order valence-corrected chi connectivity index (χ0v) is 39.0. The normalized spacial score (nSPS) is 11.5. The Labute approximate surface area is 384 Å². The first kappa shape index (κ1) is 49.9. The summed E-state index contributed by atoms with van der Waals surface area (Å²) in [4.78, 5) is 67.2. The van der Waals surface area contributed by atoms with Crippen molar-refractivity contribution in [3.8, 4) is 5.75 Å². The van der Waals surface area contributed by atoms with Crippen LogP contribution in [0.1, 0.15) is 133 Å². The van der Waals surface area contributed by atoms with E-state index in [1.807, 2.05) is 69.6 Å². The van der Waals surface area contributed by atoms with E-state index in [9.17, 15) is 14.4 Å². The molecule has 3 amide bonds. The van der Waals surface area contributed by atoms with Crippen molar-refractivity contribution in [1.82, 2.24) is 45.0 Å². The first-order valence-corrected chi connectivity index (χ1v) is 23.1. The van der Waals surface area contributed by atoms with Gasteiger partial charge in [0.05, 0.1) is 31.1 Å². The van der Waals surface area contributed by atoms with Crippen LogP contribution in [-0.4, -0.2) is 76.4 Å². The number of benzene rings is 1. The number of aromatic amines is 2. The largest absolute Gasteiger partial charge is 0.494 e. The van der Waals surface area contributed by atoms with Gasteiger partial charge in [-0.1, -0.05) is 57.7 Å². The molecule has 0 radical (unpaired) electrons. The van der Waals surface area contributed by atoms with E-state index in [4.69, 9.17) is 19.4 Å². The van der Waals surface area contributed by atoms with Gasteiger partial charge < -0.3 is 35.4 Å². The van der Waals surface area contributed by atoms with Gasteiger partial charge in [-0.05, 0) is 94.0 Å². The van der Waals surface area contributed by atoms with Crippen LogP contribution in [0, 0.1) is 0 Å². The van der Waals surface area contributed by atoms with E-state index in [0.717, 1.165) is 91.3 Å². The first-order valence-electron chi connectivity index (χ1n) is 23.1. The zero-order valence-electron chi connectivity index (χ0n) is 39.0. The van der Waals surface area contributed by atoms with E-state index in [-0.39, 0.29) is 11.8 Å². The lowest BCUT2D eigenvalue weighted by molar-refractivity contribution is -0.117. The van der Waals surface area contributed by atoms with Crippen LogP contribution in [0.2, 0.25) is 0 Å². The molecule has 350 valence electrons. The van der Waals surface area contributed by atoms with E-state index in [0.29, 0.717) is 76.9 Å². The van der Waals surface area contributed by atoms with E-state index in [2.05, 4.69) is 77.7 Å². The molecule has 0 fully saturated rings. The summed E-state index contributed by atoms with van der Waals surface area (Å²) in [5.41, 5.74) is 3.12. The van der Waals surface area contributed by atoms with Crippen LogP contribution >= 0.6 is 0 Å². The van der Waals surface area contributed by atoms with E-state index in [1.54, 1.807) is 12.4 Å². The maximum Gasteiger partial charge on any atom is 0.407 e. The number of nitrogens with zero attached hydrogens (tertiary/aromatic N) is 6. The number of imidazole rings is 2. The molecular weight excluding hydrogens is 823 g/mol. The molecule has 0 saturated heterocycles. The number of hydrogen-bond acceptors (Lipinski definition) is 11. The Bertz CT molecular complexity index is 2040. The number of carbonyl (C=O) groups is 3. The van der Waals surface area contributed by atoms with Crippen LogP contribution in [0.15, 0.2) is 79.4 Å². The Morgan fingerprint density at radius 1 is 0.646 bits per heavy atom. The smallest absolute Gasteiger partial charge is 0.407 e. The van der Waals surface area contributed by atoms with Crippen molar-refractivity contribution in [2.45, 2.75) is 144 Å². The number of nitrogens with one attached hydrogen (secondary N) is 5. The van der Waals surface area contributed by atoms with Crippen molar-refractivity contribution in [3.63, 3.8) is 0 Å². The van der Waals surface area contributed by atoms with Gasteiger partial charge in [0.2, 0.25) is 11.8 Å². The van der Waals surface area contributed by atoms with Gasteiger partial charge in [-0.3, -0.25) is 19.4 Å². The van der Waals surface area contributed by atoms with Crippen LogP contribution in [0.4, 0.5) is 16.4 Å². The van der Waals surface area contributed by atoms with E-state index in [1.165, 1.54) is 0 Å². The van der Waals surface area contributed by atoms with Gasteiger partial charge in [0.25, 0.3) is 0 Å². The molecule has 0 atom stereocenters. The third-order valence-electron chi connectivity index (χ3n) is 10.1. The molecule has 0 unspecified atom stereocenters. The van der Waals surface area contributed by atoms with Crippen molar-refractivity contribution in [1.29, 1.82) is 0 Å². The van der Waals surface area contributed by atoms with Crippen molar-refractivity contribution < 1.29 is 23.9 Å². The summed E-state index contributed by atoms with van der Waals surface area (Å²) < 4.78 is 11.8. The lowest BCUT2D eigenvalue weighted by atomic mass is 10.1. The maximum absolute atomic E-state index is 12.7. The standard InChI is InChI=1S/C49H69N11O5/c1-6-8-10-20-46(61)57-42-18-14-16-39(55-42)33-59(35-44-50-23-24-51-44)31-37-28-38(30-41(29-37)64-27-13-12-22-54-48(63)65-49(3,4)5)32-60(36-45-52-25-26-53-45)34-40-17-15-19-43(56-40)58-47(62)21-11-9-7-2/h14-19,23-26,28-30H,6-13,20-22,27,31-36H2,1-5H3,(H,50,51)(H,52,53)(H,54,63)(H,55,57,61)(H,56,58,62). The van der Waals surface area contributed by atoms with Crippen LogP contribution < -0.4 is 20.7 Å². The van der Waals surface area contributed by atoms with E-state index >= 15 is 0 Å². The maximum atomic E-state index is 12.7. The predicted octanol–water partition coefficient (Wildman–Crippen LogP) is 9.05. The topological polar surface area (TPSA) is 195 Å². The molecule has 0 aliphatic rings. The average molecular weight is 892 g/mol. The van der Waals surface area contributed by atoms with Gasteiger partial charge in [0.15, 0.2) is 0 Å². The molecule has 4 heterocycles. The summed E-state index contributed by atoms with van der Waals surface area (Å²) in [5, 5.41) is 8.78. The van der Waals surface area contributed by atoms with Gasteiger partial charge in [-0.15, -0.1) is 0 Å². The second-order valence-corrected chi connectivity index (χ2v) is 17.4. The number of H-pyrrole nitrogens is 2. The predicted molar refractivity (Wildman–Crippen MR) is 253 cm³/mol. The second-order valence-electron chi connectivity index (χ2n) is 17.4. The molecule has 16 nitrogen and oxygen atoms in total. The van der Waals surface area contributed by atoms with Gasteiger partial charge in [0, 0.05) is 70.4 Å². The van der Waals surface area contributed by atoms with Crippen LogP contribution in [0.25, 0.3) is 0 Å². The van der Waals surface area contributed by atoms with Crippen molar-refractivity contribution in [3.05, 3.63) is 114 Å². The Kier molecular flexibility index (Phi) is 20.4. The number of rotatable bonds is 28. The third kappa shape index (κ3) is 19.7. The molecular formula is C49H69N11O5. The molecule has 4 aromatic heterocycles. The molecule has 0 aliphatic heterocycles. The lowest BCUT2D eigenvalue weighted by Gasteiger charge is -2.24. The fraction of sp³-hybridized carbons (Fsp3) is 0.490. The monoisotopic (exact) mass is 892 g/mol. The number of unbranched alkanes of at least 4 members (excludes halogenated alkanes) is 5. The summed E-state index contributed by atoms with van der Waals surface area (Å²) in [6.07, 6.45) is 14.9. The number of alkyl carbamates (subject to hydrolysis) is 1. The Hall–Kier alpha value is -6.13. The second kappa shape index (κ2) is 26.6. The SMILES string of the molecule is CCCCCC(=O)Nc1cccc(CN(Cc2cc(CN(Cc3cccc(NC(=O)CCCCC)n3)Cc3ncc[nH]3)cc(OCCCCNC(=O)OC(C)(C)C)c2)Cc2ncc[nH]2)n1. The van der Waals surface area contributed by atoms with E-state index < -0.39 is 11.7 Å². The van der Waals surface area contributed by atoms with Crippen molar-refractivity contribution in [2.75, 3.05) is 23.8 Å². The van der Waals surface area contributed by atoms with Gasteiger partial charge in [-0.2, -0.15) is 0 Å². The molecule has 5 aromatic rings. The summed E-state index contributed by atoms with van der Waals surface area (Å²) in [6.45, 7) is 13.8. The lowest BCUT2D eigenvalue weighted by Crippen LogP contribution is -2.33. The van der Waals surface area contributed by atoms with Gasteiger partial charge in [-0.25, -0.2) is 24.7 Å². The Morgan fingerprint density at radius 2 is 1.17 bits per heavy atom. The third-order valence-corrected chi connectivity index (χ3v) is 10.1. The first-order chi connectivity index (χ1) is 31.4. The van der Waals surface area contributed by atoms with Crippen LogP contribution in [0.5, 0.6) is 5.75 Å². The van der Waals surface area contributed by atoms with Gasteiger partial charge >= 0.3 is 6.09 Å². The molecule has 1 aromatic carbocycles. The summed E-state index contributed by atoms with van der Waals surface area (Å²) in [5.74, 6) is 3.36. The molecule has 0 aliphatic carbocycles. The highest BCUT2D eigenvalue weighted by Gasteiger charge is 2.18. The minimum absolute atomic E-state index is 0.0339. The molecule has 65 heavy (non-hydrogen) atoms.